The zero-order chi connectivity index (χ0) is 37.3. The van der Waals surface area contributed by atoms with Crippen molar-refractivity contribution in [3.05, 3.63) is 106 Å². The number of nitrogens with one attached hydrogen (secondary N) is 1. The maximum Gasteiger partial charge on any atom is 0.435 e. The first kappa shape index (κ1) is 34.9. The maximum atomic E-state index is 15.3. The van der Waals surface area contributed by atoms with Gasteiger partial charge in [-0.1, -0.05) is 24.1 Å². The van der Waals surface area contributed by atoms with Gasteiger partial charge in [0.1, 0.15) is 41.0 Å². The molecule has 1 fully saturated rings. The van der Waals surface area contributed by atoms with E-state index in [0.717, 1.165) is 12.1 Å². The van der Waals surface area contributed by atoms with Gasteiger partial charge in [-0.3, -0.25) is 9.48 Å². The molecule has 0 bridgehead atoms. The first-order chi connectivity index (χ1) is 24.4. The summed E-state index contributed by atoms with van der Waals surface area (Å²) in [6.07, 6.45) is -3.97. The number of pyridine rings is 2. The first-order valence-corrected chi connectivity index (χ1v) is 16.1. The van der Waals surface area contributed by atoms with Crippen LogP contribution in [0.5, 0.6) is 0 Å². The van der Waals surface area contributed by atoms with E-state index in [9.17, 15) is 31.9 Å². The van der Waals surface area contributed by atoms with Gasteiger partial charge in [0.15, 0.2) is 5.69 Å². The molecule has 268 valence electrons. The minimum atomic E-state index is -5.04. The Morgan fingerprint density at radius 1 is 1.08 bits per heavy atom. The first-order valence-electron chi connectivity index (χ1n) is 16.1. The molecule has 0 radical (unpaired) electrons. The molecule has 52 heavy (non-hydrogen) atoms. The second kappa shape index (κ2) is 12.3. The van der Waals surface area contributed by atoms with Crippen LogP contribution in [0.15, 0.2) is 60.8 Å². The number of nitrogens with two attached hydrogens (primary N) is 1. The van der Waals surface area contributed by atoms with Gasteiger partial charge in [-0.2, -0.15) is 27.1 Å². The Balaban J connectivity index is 1.36. The van der Waals surface area contributed by atoms with Crippen molar-refractivity contribution in [2.75, 3.05) is 5.73 Å². The summed E-state index contributed by atoms with van der Waals surface area (Å²) in [6, 6.07) is 11.5. The Labute approximate surface area is 291 Å². The predicted octanol–water partition coefficient (Wildman–Crippen LogP) is 6.80. The third kappa shape index (κ3) is 6.54. The van der Waals surface area contributed by atoms with Crippen LogP contribution >= 0.6 is 0 Å². The molecule has 1 amide bonds. The molecule has 7 rings (SSSR count). The monoisotopic (exact) mass is 722 g/mol. The van der Waals surface area contributed by atoms with Crippen LogP contribution in [0.4, 0.5) is 36.6 Å². The quantitative estimate of drug-likeness (QED) is 0.126. The molecular weight excluding hydrogens is 693 g/mol. The minimum absolute atomic E-state index is 0.0702. The van der Waals surface area contributed by atoms with Gasteiger partial charge >= 0.3 is 6.18 Å². The Morgan fingerprint density at radius 3 is 2.50 bits per heavy atom. The number of rotatable bonds is 7. The number of hydrogen-bond acceptors (Lipinski definition) is 6. The van der Waals surface area contributed by atoms with Crippen LogP contribution in [0.3, 0.4) is 0 Å². The van der Waals surface area contributed by atoms with Crippen LogP contribution in [0.1, 0.15) is 66.1 Å². The summed E-state index contributed by atoms with van der Waals surface area (Å²) in [7, 11) is 0. The van der Waals surface area contributed by atoms with E-state index >= 15 is 8.78 Å². The fourth-order valence-electron chi connectivity index (χ4n) is 6.87. The van der Waals surface area contributed by atoms with E-state index in [4.69, 9.17) is 10.7 Å². The van der Waals surface area contributed by atoms with Crippen molar-refractivity contribution in [3.63, 3.8) is 0 Å². The number of anilines is 1. The third-order valence-corrected chi connectivity index (χ3v) is 9.07. The summed E-state index contributed by atoms with van der Waals surface area (Å²) in [5, 5.41) is 17.6. The number of aromatic nitrogens is 4. The predicted molar refractivity (Wildman–Crippen MR) is 175 cm³/mol. The summed E-state index contributed by atoms with van der Waals surface area (Å²) >= 11 is 0. The molecule has 2 aromatic carbocycles. The molecule has 0 unspecified atom stereocenters. The van der Waals surface area contributed by atoms with Gasteiger partial charge in [0, 0.05) is 34.7 Å². The molecule has 0 aliphatic heterocycles. The molecule has 5 aromatic rings. The molecule has 8 nitrogen and oxygen atoms in total. The molecule has 2 aliphatic rings. The lowest BCUT2D eigenvalue weighted by Gasteiger charge is -2.23. The van der Waals surface area contributed by atoms with Crippen LogP contribution in [0.2, 0.25) is 0 Å². The summed E-state index contributed by atoms with van der Waals surface area (Å²) in [4.78, 5) is 22.6. The standard InChI is InChI=1S/C37H29F7N6O2/c1-35(2,52)10-8-21-6-7-24(22-4-3-5-25-23(22)9-11-46-34(25)45)31(47-21)28(14-18-12-19(38)15-20(39)13-18)48-29(51)17-50-33-30(32(49-50)37(42,43)44)26-16-27(26)36(33,40)41/h3-7,9,11-13,15,26-28,52H,14,16-17H2,1-2H3,(H2,45,46)(H,48,51)/t26-,27+,28-/m0/s1. The van der Waals surface area contributed by atoms with E-state index in [2.05, 4.69) is 27.2 Å². The number of carbonyl (C=O) groups is 1. The van der Waals surface area contributed by atoms with Crippen molar-refractivity contribution in [2.24, 2.45) is 5.92 Å². The summed E-state index contributed by atoms with van der Waals surface area (Å²) in [5.41, 5.74) is 2.97. The van der Waals surface area contributed by atoms with Crippen molar-refractivity contribution < 1.29 is 40.6 Å². The number of nitrogens with zero attached hydrogens (tertiary/aromatic N) is 4. The third-order valence-electron chi connectivity index (χ3n) is 9.07. The van der Waals surface area contributed by atoms with E-state index in [0.29, 0.717) is 32.6 Å². The number of hydrogen-bond donors (Lipinski definition) is 3. The number of alkyl halides is 5. The highest BCUT2D eigenvalue weighted by molar-refractivity contribution is 6.01. The second-order valence-corrected chi connectivity index (χ2v) is 13.5. The van der Waals surface area contributed by atoms with Gasteiger partial charge in [0.25, 0.3) is 5.92 Å². The molecule has 0 spiro atoms. The zero-order valence-electron chi connectivity index (χ0n) is 27.5. The smallest absolute Gasteiger partial charge is 0.383 e. The SMILES string of the molecule is CC(C)(O)C#Cc1ccc(-c2cccc3c(N)nccc23)c([C@H](Cc2cc(F)cc(F)c2)NC(=O)Cn2nc(C(F)(F)F)c3c2C(F)(F)[C@@H]2C[C@H]32)n1. The second-order valence-electron chi connectivity index (χ2n) is 13.5. The Bertz CT molecular complexity index is 2300. The number of nitrogen functional groups attached to an aromatic ring is 1. The van der Waals surface area contributed by atoms with Crippen LogP contribution < -0.4 is 11.1 Å². The van der Waals surface area contributed by atoms with Crippen molar-refractivity contribution in [1.82, 2.24) is 25.1 Å². The van der Waals surface area contributed by atoms with Gasteiger partial charge in [0.05, 0.1) is 11.7 Å². The number of carbonyl (C=O) groups excluding carboxylic acids is 1. The summed E-state index contributed by atoms with van der Waals surface area (Å²) < 4.78 is 102. The fraction of sp³-hybridized carbons (Fsp3) is 0.297. The van der Waals surface area contributed by atoms with E-state index in [-0.39, 0.29) is 35.6 Å². The lowest BCUT2D eigenvalue weighted by atomic mass is 9.92. The van der Waals surface area contributed by atoms with Gasteiger partial charge in [-0.05, 0) is 85.4 Å². The average Bonchev–Trinajstić information content (AvgIpc) is 3.70. The molecule has 3 atom stereocenters. The topological polar surface area (TPSA) is 119 Å². The number of fused-ring (bicyclic) bond motifs is 4. The number of amides is 1. The van der Waals surface area contributed by atoms with Crippen molar-refractivity contribution >= 4 is 22.5 Å². The van der Waals surface area contributed by atoms with Gasteiger partial charge in [0.2, 0.25) is 5.91 Å². The lowest BCUT2D eigenvalue weighted by Crippen LogP contribution is -2.35. The highest BCUT2D eigenvalue weighted by Crippen LogP contribution is 2.68. The molecule has 3 heterocycles. The molecule has 1 saturated carbocycles. The van der Waals surface area contributed by atoms with Gasteiger partial charge in [-0.25, -0.2) is 18.7 Å². The molecule has 0 saturated heterocycles. The van der Waals surface area contributed by atoms with Gasteiger partial charge in [-0.15, -0.1) is 0 Å². The lowest BCUT2D eigenvalue weighted by molar-refractivity contribution is -0.142. The highest BCUT2D eigenvalue weighted by Gasteiger charge is 2.68. The number of benzene rings is 2. The Kier molecular flexibility index (Phi) is 8.28. The van der Waals surface area contributed by atoms with Crippen LogP contribution in [-0.2, 0) is 29.9 Å². The van der Waals surface area contributed by atoms with Crippen LogP contribution in [-0.4, -0.2) is 36.4 Å². The Morgan fingerprint density at radius 2 is 1.81 bits per heavy atom. The highest BCUT2D eigenvalue weighted by atomic mass is 19.4. The molecule has 15 heteroatoms. The van der Waals surface area contributed by atoms with Crippen LogP contribution in [0, 0.1) is 29.4 Å². The average molecular weight is 723 g/mol. The zero-order valence-corrected chi connectivity index (χ0v) is 27.5. The largest absolute Gasteiger partial charge is 0.435 e. The summed E-state index contributed by atoms with van der Waals surface area (Å²) in [6.45, 7) is 1.88. The van der Waals surface area contributed by atoms with Crippen molar-refractivity contribution in [3.8, 4) is 23.0 Å². The van der Waals surface area contributed by atoms with Crippen molar-refractivity contribution in [1.29, 1.82) is 0 Å². The minimum Gasteiger partial charge on any atom is -0.383 e. The van der Waals surface area contributed by atoms with Crippen molar-refractivity contribution in [2.45, 2.75) is 62.9 Å². The normalized spacial score (nSPS) is 18.0. The molecular formula is C37H29F7N6O2. The molecule has 2 aliphatic carbocycles. The molecule has 4 N–H and O–H groups in total. The van der Waals surface area contributed by atoms with E-state index < -0.39 is 76.6 Å². The van der Waals surface area contributed by atoms with E-state index in [1.807, 2.05) is 0 Å². The van der Waals surface area contributed by atoms with E-state index in [1.54, 1.807) is 36.4 Å². The maximum absolute atomic E-state index is 15.3. The van der Waals surface area contributed by atoms with E-state index in [1.165, 1.54) is 20.0 Å². The Hall–Kier alpha value is -5.49. The number of aliphatic hydroxyl groups is 1. The van der Waals surface area contributed by atoms with Gasteiger partial charge < -0.3 is 16.2 Å². The summed E-state index contributed by atoms with van der Waals surface area (Å²) in [5.74, 6) is -3.18. The van der Waals surface area contributed by atoms with Crippen LogP contribution in [0.25, 0.3) is 21.9 Å². The number of halogens is 7. The fourth-order valence-corrected chi connectivity index (χ4v) is 6.87. The molecule has 3 aromatic heterocycles.